The monoisotopic (exact) mass is 183 g/mol. The van der Waals surface area contributed by atoms with Gasteiger partial charge in [-0.05, 0) is 19.4 Å². The molecule has 0 fully saturated rings. The standard InChI is InChI=1S/C8H9NO4/c1-3-4(2)9-6(8(12)13)5(3)7(10)11/h9H,1-2H3,(H,10,11)(H,12,13). The molecule has 0 saturated heterocycles. The second kappa shape index (κ2) is 2.93. The zero-order chi connectivity index (χ0) is 10.2. The summed E-state index contributed by atoms with van der Waals surface area (Å²) in [6, 6.07) is 0. The summed E-state index contributed by atoms with van der Waals surface area (Å²) in [4.78, 5) is 23.8. The van der Waals surface area contributed by atoms with E-state index in [2.05, 4.69) is 4.98 Å². The molecule has 0 unspecified atom stereocenters. The summed E-state index contributed by atoms with van der Waals surface area (Å²) >= 11 is 0. The molecular weight excluding hydrogens is 174 g/mol. The van der Waals surface area contributed by atoms with Gasteiger partial charge in [0.1, 0.15) is 5.69 Å². The number of aromatic nitrogens is 1. The van der Waals surface area contributed by atoms with E-state index in [9.17, 15) is 9.59 Å². The number of hydrogen-bond acceptors (Lipinski definition) is 2. The second-order valence-electron chi connectivity index (χ2n) is 2.74. The highest BCUT2D eigenvalue weighted by atomic mass is 16.4. The first-order valence-corrected chi connectivity index (χ1v) is 3.61. The third-order valence-electron chi connectivity index (χ3n) is 1.93. The average Bonchev–Trinajstić information content (AvgIpc) is 2.28. The van der Waals surface area contributed by atoms with Gasteiger partial charge in [0, 0.05) is 5.69 Å². The first-order valence-electron chi connectivity index (χ1n) is 3.61. The highest BCUT2D eigenvalue weighted by Gasteiger charge is 2.22. The third kappa shape index (κ3) is 1.40. The average molecular weight is 183 g/mol. The van der Waals surface area contributed by atoms with E-state index in [0.29, 0.717) is 11.3 Å². The molecule has 0 aromatic carbocycles. The number of carboxylic acids is 2. The van der Waals surface area contributed by atoms with Crippen LogP contribution in [0.3, 0.4) is 0 Å². The molecule has 1 aromatic heterocycles. The van der Waals surface area contributed by atoms with Gasteiger partial charge < -0.3 is 15.2 Å². The topological polar surface area (TPSA) is 90.4 Å². The molecule has 1 heterocycles. The van der Waals surface area contributed by atoms with Crippen LogP contribution in [0.25, 0.3) is 0 Å². The lowest BCUT2D eigenvalue weighted by Crippen LogP contribution is -2.07. The molecule has 0 atom stereocenters. The SMILES string of the molecule is Cc1[nH]c(C(=O)O)c(C(=O)O)c1C. The van der Waals surface area contributed by atoms with Gasteiger partial charge >= 0.3 is 11.9 Å². The predicted octanol–water partition coefficient (Wildman–Crippen LogP) is 1.03. The van der Waals surface area contributed by atoms with Gasteiger partial charge in [-0.15, -0.1) is 0 Å². The quantitative estimate of drug-likeness (QED) is 0.638. The van der Waals surface area contributed by atoms with Gasteiger partial charge in [0.25, 0.3) is 0 Å². The smallest absolute Gasteiger partial charge is 0.353 e. The lowest BCUT2D eigenvalue weighted by Gasteiger charge is -1.93. The predicted molar refractivity (Wildman–Crippen MR) is 44.2 cm³/mol. The van der Waals surface area contributed by atoms with Crippen molar-refractivity contribution in [3.63, 3.8) is 0 Å². The van der Waals surface area contributed by atoms with Crippen molar-refractivity contribution in [2.45, 2.75) is 13.8 Å². The van der Waals surface area contributed by atoms with Gasteiger partial charge in [-0.25, -0.2) is 9.59 Å². The maximum absolute atomic E-state index is 10.7. The Morgan fingerprint density at radius 2 is 1.69 bits per heavy atom. The minimum Gasteiger partial charge on any atom is -0.478 e. The van der Waals surface area contributed by atoms with Crippen molar-refractivity contribution in [2.75, 3.05) is 0 Å². The first kappa shape index (κ1) is 9.31. The summed E-state index contributed by atoms with van der Waals surface area (Å²) in [5.74, 6) is -2.48. The van der Waals surface area contributed by atoms with Crippen molar-refractivity contribution < 1.29 is 19.8 Å². The molecule has 1 rings (SSSR count). The van der Waals surface area contributed by atoms with E-state index in [1.807, 2.05) is 0 Å². The van der Waals surface area contributed by atoms with E-state index < -0.39 is 11.9 Å². The Hall–Kier alpha value is -1.78. The number of rotatable bonds is 2. The summed E-state index contributed by atoms with van der Waals surface area (Å²) < 4.78 is 0. The van der Waals surface area contributed by atoms with Crippen molar-refractivity contribution in [2.24, 2.45) is 0 Å². The number of H-pyrrole nitrogens is 1. The van der Waals surface area contributed by atoms with Gasteiger partial charge in [0.2, 0.25) is 0 Å². The molecule has 13 heavy (non-hydrogen) atoms. The van der Waals surface area contributed by atoms with Crippen molar-refractivity contribution >= 4 is 11.9 Å². The maximum atomic E-state index is 10.7. The van der Waals surface area contributed by atoms with Crippen LogP contribution in [0.2, 0.25) is 0 Å². The number of aromatic amines is 1. The molecule has 0 radical (unpaired) electrons. The largest absolute Gasteiger partial charge is 0.478 e. The fraction of sp³-hybridized carbons (Fsp3) is 0.250. The molecule has 0 aliphatic rings. The Morgan fingerprint density at radius 1 is 1.15 bits per heavy atom. The highest BCUT2D eigenvalue weighted by molar-refractivity contribution is 6.02. The number of carbonyl (C=O) groups is 2. The molecular formula is C8H9NO4. The molecule has 0 aliphatic heterocycles. The minimum absolute atomic E-state index is 0.162. The molecule has 0 saturated carbocycles. The minimum atomic E-state index is -1.26. The van der Waals surface area contributed by atoms with Gasteiger partial charge in [0.05, 0.1) is 5.56 Å². The summed E-state index contributed by atoms with van der Waals surface area (Å²) in [5.41, 5.74) is 0.604. The Bertz CT molecular complexity index is 378. The Labute approximate surface area is 74.0 Å². The van der Waals surface area contributed by atoms with E-state index in [1.54, 1.807) is 13.8 Å². The number of carboxylic acid groups (broad SMARTS) is 2. The van der Waals surface area contributed by atoms with Gasteiger partial charge in [-0.2, -0.15) is 0 Å². The lowest BCUT2D eigenvalue weighted by atomic mass is 10.1. The van der Waals surface area contributed by atoms with Crippen molar-refractivity contribution in [3.05, 3.63) is 22.5 Å². The molecule has 5 heteroatoms. The van der Waals surface area contributed by atoms with Crippen LogP contribution in [-0.2, 0) is 0 Å². The normalized spacial score (nSPS) is 10.0. The van der Waals surface area contributed by atoms with E-state index in [0.717, 1.165) is 0 Å². The van der Waals surface area contributed by atoms with Crippen LogP contribution in [-0.4, -0.2) is 27.1 Å². The van der Waals surface area contributed by atoms with Crippen LogP contribution >= 0.6 is 0 Å². The summed E-state index contributed by atoms with van der Waals surface area (Å²) in [6.45, 7) is 3.20. The van der Waals surface area contributed by atoms with Crippen LogP contribution in [0.4, 0.5) is 0 Å². The maximum Gasteiger partial charge on any atom is 0.353 e. The molecule has 5 nitrogen and oxygen atoms in total. The molecule has 0 bridgehead atoms. The summed E-state index contributed by atoms with van der Waals surface area (Å²) in [7, 11) is 0. The molecule has 0 amide bonds. The van der Waals surface area contributed by atoms with E-state index >= 15 is 0 Å². The molecule has 0 spiro atoms. The first-order chi connectivity index (χ1) is 5.95. The summed E-state index contributed by atoms with van der Waals surface area (Å²) in [5, 5.41) is 17.4. The zero-order valence-electron chi connectivity index (χ0n) is 7.21. The van der Waals surface area contributed by atoms with Gasteiger partial charge in [-0.1, -0.05) is 0 Å². The van der Waals surface area contributed by atoms with Crippen LogP contribution in [0.15, 0.2) is 0 Å². The fourth-order valence-corrected chi connectivity index (χ4v) is 1.15. The van der Waals surface area contributed by atoms with Crippen molar-refractivity contribution in [1.82, 2.24) is 4.98 Å². The summed E-state index contributed by atoms with van der Waals surface area (Å²) in [6.07, 6.45) is 0. The number of aromatic carboxylic acids is 2. The highest BCUT2D eigenvalue weighted by Crippen LogP contribution is 2.17. The van der Waals surface area contributed by atoms with Gasteiger partial charge in [0.15, 0.2) is 0 Å². The van der Waals surface area contributed by atoms with Crippen LogP contribution in [0, 0.1) is 13.8 Å². The lowest BCUT2D eigenvalue weighted by molar-refractivity contribution is 0.0648. The van der Waals surface area contributed by atoms with Crippen LogP contribution in [0.5, 0.6) is 0 Å². The Morgan fingerprint density at radius 3 is 2.00 bits per heavy atom. The molecule has 0 aliphatic carbocycles. The van der Waals surface area contributed by atoms with Crippen molar-refractivity contribution in [3.8, 4) is 0 Å². The Kier molecular flexibility index (Phi) is 2.10. The zero-order valence-corrected chi connectivity index (χ0v) is 7.21. The number of aryl methyl sites for hydroxylation is 1. The molecule has 3 N–H and O–H groups in total. The van der Waals surface area contributed by atoms with E-state index in [1.165, 1.54) is 0 Å². The van der Waals surface area contributed by atoms with Crippen LogP contribution < -0.4 is 0 Å². The van der Waals surface area contributed by atoms with Gasteiger partial charge in [-0.3, -0.25) is 0 Å². The number of hydrogen-bond donors (Lipinski definition) is 3. The Balaban J connectivity index is 3.44. The van der Waals surface area contributed by atoms with E-state index in [-0.39, 0.29) is 11.3 Å². The van der Waals surface area contributed by atoms with Crippen molar-refractivity contribution in [1.29, 1.82) is 0 Å². The second-order valence-corrected chi connectivity index (χ2v) is 2.74. The van der Waals surface area contributed by atoms with E-state index in [4.69, 9.17) is 10.2 Å². The molecule has 1 aromatic rings. The number of nitrogens with one attached hydrogen (secondary N) is 1. The van der Waals surface area contributed by atoms with Crippen LogP contribution in [0.1, 0.15) is 32.1 Å². The third-order valence-corrected chi connectivity index (χ3v) is 1.93. The molecule has 70 valence electrons. The fourth-order valence-electron chi connectivity index (χ4n) is 1.15.